The van der Waals surface area contributed by atoms with Gasteiger partial charge in [-0.3, -0.25) is 0 Å². The molecule has 2 aromatic rings. The molecular formula is C14H9BrF2N2. The van der Waals surface area contributed by atoms with Crippen molar-refractivity contribution in [1.82, 2.24) is 0 Å². The van der Waals surface area contributed by atoms with Gasteiger partial charge in [0.25, 0.3) is 0 Å². The fourth-order valence-electron chi connectivity index (χ4n) is 1.67. The molecule has 0 aromatic heterocycles. The lowest BCUT2D eigenvalue weighted by Gasteiger charge is -2.12. The third-order valence-electron chi connectivity index (χ3n) is 2.66. The van der Waals surface area contributed by atoms with Gasteiger partial charge in [0.05, 0.1) is 10.2 Å². The number of anilines is 2. The van der Waals surface area contributed by atoms with E-state index in [0.717, 1.165) is 0 Å². The standard InChI is InChI=1S/C14H9BrF2N2/c1-8-5-12(17)10(15)6-14(8)19-13-4-2-3-11(16)9(13)7-18/h2-6,19H,1H3. The number of rotatable bonds is 2. The largest absolute Gasteiger partial charge is 0.354 e. The zero-order valence-electron chi connectivity index (χ0n) is 9.97. The molecule has 2 aromatic carbocycles. The monoisotopic (exact) mass is 322 g/mol. The van der Waals surface area contributed by atoms with Crippen LogP contribution in [0.2, 0.25) is 0 Å². The lowest BCUT2D eigenvalue weighted by molar-refractivity contribution is 0.620. The first-order valence-corrected chi connectivity index (χ1v) is 6.23. The molecule has 0 fully saturated rings. The molecule has 0 saturated carbocycles. The van der Waals surface area contributed by atoms with E-state index in [-0.39, 0.29) is 11.4 Å². The summed E-state index contributed by atoms with van der Waals surface area (Å²) < 4.78 is 27.1. The quantitative estimate of drug-likeness (QED) is 0.873. The second-order valence-corrected chi connectivity index (χ2v) is 4.83. The van der Waals surface area contributed by atoms with E-state index in [1.807, 2.05) is 0 Å². The van der Waals surface area contributed by atoms with Crippen LogP contribution in [-0.2, 0) is 0 Å². The van der Waals surface area contributed by atoms with Crippen LogP contribution in [0, 0.1) is 29.9 Å². The third-order valence-corrected chi connectivity index (χ3v) is 3.27. The Labute approximate surface area is 117 Å². The van der Waals surface area contributed by atoms with Crippen LogP contribution < -0.4 is 5.32 Å². The van der Waals surface area contributed by atoms with E-state index in [2.05, 4.69) is 21.2 Å². The van der Waals surface area contributed by atoms with Crippen LogP contribution in [0.3, 0.4) is 0 Å². The normalized spacial score (nSPS) is 10.1. The molecule has 0 spiro atoms. The van der Waals surface area contributed by atoms with Gasteiger partial charge in [0, 0.05) is 5.69 Å². The summed E-state index contributed by atoms with van der Waals surface area (Å²) in [6, 6.07) is 9.04. The molecule has 0 unspecified atom stereocenters. The molecule has 0 heterocycles. The summed E-state index contributed by atoms with van der Waals surface area (Å²) in [6.45, 7) is 1.73. The predicted molar refractivity (Wildman–Crippen MR) is 73.2 cm³/mol. The topological polar surface area (TPSA) is 35.8 Å². The first-order chi connectivity index (χ1) is 9.02. The molecule has 0 aliphatic rings. The Balaban J connectivity index is 2.45. The van der Waals surface area contributed by atoms with Gasteiger partial charge in [0.2, 0.25) is 0 Å². The van der Waals surface area contributed by atoms with Crippen molar-refractivity contribution in [3.8, 4) is 6.07 Å². The van der Waals surface area contributed by atoms with Gasteiger partial charge in [-0.05, 0) is 52.7 Å². The van der Waals surface area contributed by atoms with Crippen molar-refractivity contribution in [2.75, 3.05) is 5.32 Å². The maximum atomic E-state index is 13.5. The smallest absolute Gasteiger partial charge is 0.143 e. The molecule has 19 heavy (non-hydrogen) atoms. The molecule has 2 rings (SSSR count). The maximum Gasteiger partial charge on any atom is 0.143 e. The molecule has 0 bridgehead atoms. The number of nitrogens with zero attached hydrogens (tertiary/aromatic N) is 1. The highest BCUT2D eigenvalue weighted by molar-refractivity contribution is 9.10. The number of halogens is 3. The Bertz CT molecular complexity index is 678. The number of aryl methyl sites for hydroxylation is 1. The van der Waals surface area contributed by atoms with Crippen molar-refractivity contribution >= 4 is 27.3 Å². The minimum atomic E-state index is -0.591. The van der Waals surface area contributed by atoms with Gasteiger partial charge in [-0.15, -0.1) is 0 Å². The Hall–Kier alpha value is -1.93. The summed E-state index contributed by atoms with van der Waals surface area (Å²) >= 11 is 3.09. The Morgan fingerprint density at radius 3 is 2.58 bits per heavy atom. The van der Waals surface area contributed by atoms with Gasteiger partial charge in [-0.1, -0.05) is 6.07 Å². The average molecular weight is 323 g/mol. The number of nitriles is 1. The van der Waals surface area contributed by atoms with E-state index >= 15 is 0 Å². The molecule has 0 aliphatic heterocycles. The summed E-state index contributed by atoms with van der Waals surface area (Å²) in [7, 11) is 0. The fourth-order valence-corrected chi connectivity index (χ4v) is 2.01. The number of benzene rings is 2. The summed E-state index contributed by atoms with van der Waals surface area (Å²) in [5, 5.41) is 11.9. The predicted octanol–water partition coefficient (Wildman–Crippen LogP) is 4.65. The molecule has 96 valence electrons. The SMILES string of the molecule is Cc1cc(F)c(Br)cc1Nc1cccc(F)c1C#N. The first-order valence-electron chi connectivity index (χ1n) is 5.44. The molecular weight excluding hydrogens is 314 g/mol. The summed E-state index contributed by atoms with van der Waals surface area (Å²) in [6.07, 6.45) is 0. The molecule has 0 atom stereocenters. The van der Waals surface area contributed by atoms with Crippen LogP contribution >= 0.6 is 15.9 Å². The van der Waals surface area contributed by atoms with Gasteiger partial charge in [-0.2, -0.15) is 5.26 Å². The summed E-state index contributed by atoms with van der Waals surface area (Å²) in [5.41, 5.74) is 1.55. The van der Waals surface area contributed by atoms with E-state index in [1.54, 1.807) is 25.1 Å². The van der Waals surface area contributed by atoms with Crippen LogP contribution in [-0.4, -0.2) is 0 Å². The fraction of sp³-hybridized carbons (Fsp3) is 0.0714. The van der Waals surface area contributed by atoms with Gasteiger partial charge >= 0.3 is 0 Å². The highest BCUT2D eigenvalue weighted by atomic mass is 79.9. The maximum absolute atomic E-state index is 13.5. The first kappa shape index (κ1) is 13.5. The number of hydrogen-bond donors (Lipinski definition) is 1. The van der Waals surface area contributed by atoms with Crippen LogP contribution in [0.25, 0.3) is 0 Å². The van der Waals surface area contributed by atoms with Gasteiger partial charge in [-0.25, -0.2) is 8.78 Å². The highest BCUT2D eigenvalue weighted by Gasteiger charge is 2.10. The van der Waals surface area contributed by atoms with Crippen molar-refractivity contribution in [2.24, 2.45) is 0 Å². The Morgan fingerprint density at radius 2 is 1.89 bits per heavy atom. The molecule has 0 aliphatic carbocycles. The minimum Gasteiger partial charge on any atom is -0.354 e. The number of hydrogen-bond acceptors (Lipinski definition) is 2. The molecule has 1 N–H and O–H groups in total. The molecule has 2 nitrogen and oxygen atoms in total. The average Bonchev–Trinajstić information content (AvgIpc) is 2.36. The second kappa shape index (κ2) is 5.37. The van der Waals surface area contributed by atoms with E-state index < -0.39 is 5.82 Å². The molecule has 0 saturated heterocycles. The van der Waals surface area contributed by atoms with Crippen molar-refractivity contribution in [2.45, 2.75) is 6.92 Å². The number of nitrogens with one attached hydrogen (secondary N) is 1. The van der Waals surface area contributed by atoms with E-state index in [4.69, 9.17) is 5.26 Å². The molecule has 0 radical (unpaired) electrons. The van der Waals surface area contributed by atoms with E-state index in [0.29, 0.717) is 21.4 Å². The van der Waals surface area contributed by atoms with Crippen molar-refractivity contribution in [1.29, 1.82) is 5.26 Å². The van der Waals surface area contributed by atoms with E-state index in [9.17, 15) is 8.78 Å². The zero-order valence-corrected chi connectivity index (χ0v) is 11.6. The summed E-state index contributed by atoms with van der Waals surface area (Å²) in [4.78, 5) is 0. The Kier molecular flexibility index (Phi) is 3.82. The van der Waals surface area contributed by atoms with Gasteiger partial charge < -0.3 is 5.32 Å². The van der Waals surface area contributed by atoms with E-state index in [1.165, 1.54) is 18.2 Å². The van der Waals surface area contributed by atoms with Crippen molar-refractivity contribution in [3.63, 3.8) is 0 Å². The van der Waals surface area contributed by atoms with Gasteiger partial charge in [0.15, 0.2) is 0 Å². The van der Waals surface area contributed by atoms with Crippen LogP contribution in [0.5, 0.6) is 0 Å². The van der Waals surface area contributed by atoms with Crippen LogP contribution in [0.1, 0.15) is 11.1 Å². The third kappa shape index (κ3) is 2.74. The summed E-state index contributed by atoms with van der Waals surface area (Å²) in [5.74, 6) is -0.964. The second-order valence-electron chi connectivity index (χ2n) is 3.98. The zero-order chi connectivity index (χ0) is 14.0. The molecule has 0 amide bonds. The highest BCUT2D eigenvalue weighted by Crippen LogP contribution is 2.28. The lowest BCUT2D eigenvalue weighted by Crippen LogP contribution is -1.98. The van der Waals surface area contributed by atoms with Crippen molar-refractivity contribution < 1.29 is 8.78 Å². The minimum absolute atomic E-state index is 0.0673. The van der Waals surface area contributed by atoms with Gasteiger partial charge in [0.1, 0.15) is 23.3 Å². The lowest BCUT2D eigenvalue weighted by atomic mass is 10.1. The molecule has 5 heteroatoms. The van der Waals surface area contributed by atoms with Crippen molar-refractivity contribution in [3.05, 3.63) is 57.6 Å². The van der Waals surface area contributed by atoms with Crippen LogP contribution in [0.15, 0.2) is 34.8 Å². The Morgan fingerprint density at radius 1 is 1.16 bits per heavy atom. The van der Waals surface area contributed by atoms with Crippen LogP contribution in [0.4, 0.5) is 20.2 Å².